The maximum absolute atomic E-state index is 11.5. The molecule has 6 nitrogen and oxygen atoms in total. The molecule has 0 radical (unpaired) electrons. The summed E-state index contributed by atoms with van der Waals surface area (Å²) in [4.78, 5) is 11.5. The first-order chi connectivity index (χ1) is 9.63. The summed E-state index contributed by atoms with van der Waals surface area (Å²) in [5, 5.41) is 0. The van der Waals surface area contributed by atoms with Gasteiger partial charge in [-0.3, -0.25) is 9.35 Å². The van der Waals surface area contributed by atoms with Crippen molar-refractivity contribution in [2.24, 2.45) is 5.92 Å². The van der Waals surface area contributed by atoms with E-state index in [4.69, 9.17) is 9.29 Å². The minimum absolute atomic E-state index is 0.0631. The smallest absolute Gasteiger partial charge is 0.308 e. The molecule has 2 atom stereocenters. The molecule has 0 saturated carbocycles. The number of hydrogen-bond acceptors (Lipinski definition) is 4. The average Bonchev–Trinajstić information content (AvgIpc) is 2.41. The molecule has 0 aromatic rings. The van der Waals surface area contributed by atoms with Crippen molar-refractivity contribution < 1.29 is 27.0 Å². The Morgan fingerprint density at radius 2 is 1.81 bits per heavy atom. The van der Waals surface area contributed by atoms with Gasteiger partial charge >= 0.3 is 5.97 Å². The average molecular weight is 324 g/mol. The Balaban J connectivity index is 4.05. The number of rotatable bonds is 11. The lowest BCUT2D eigenvalue weighted by atomic mass is 10.1. The first-order valence-corrected chi connectivity index (χ1v) is 9.20. The van der Waals surface area contributed by atoms with Crippen LogP contribution in [0.2, 0.25) is 0 Å². The van der Waals surface area contributed by atoms with Crippen LogP contribution in [-0.4, -0.2) is 62.5 Å². The second-order valence-electron chi connectivity index (χ2n) is 5.85. The number of nitrogens with zero attached hydrogens (tertiary/aromatic N) is 1. The molecule has 2 unspecified atom stereocenters. The van der Waals surface area contributed by atoms with E-state index in [0.29, 0.717) is 24.1 Å². The van der Waals surface area contributed by atoms with Crippen molar-refractivity contribution >= 4 is 16.1 Å². The van der Waals surface area contributed by atoms with E-state index in [1.165, 1.54) is 0 Å². The van der Waals surface area contributed by atoms with Gasteiger partial charge in [0.25, 0.3) is 10.1 Å². The van der Waals surface area contributed by atoms with Gasteiger partial charge < -0.3 is 9.22 Å². The highest BCUT2D eigenvalue weighted by Gasteiger charge is 2.20. The van der Waals surface area contributed by atoms with Gasteiger partial charge in [-0.25, -0.2) is 0 Å². The van der Waals surface area contributed by atoms with E-state index in [1.54, 1.807) is 0 Å². The first kappa shape index (κ1) is 20.3. The lowest BCUT2D eigenvalue weighted by Gasteiger charge is -2.33. The van der Waals surface area contributed by atoms with E-state index in [0.717, 1.165) is 25.9 Å². The molecule has 0 aromatic carbocycles. The Morgan fingerprint density at radius 1 is 1.24 bits per heavy atom. The molecule has 0 amide bonds. The van der Waals surface area contributed by atoms with E-state index < -0.39 is 10.1 Å². The summed E-state index contributed by atoms with van der Waals surface area (Å²) in [6, 6.07) is 0. The predicted octanol–water partition coefficient (Wildman–Crippen LogP) is 1.71. The Bertz CT molecular complexity index is 410. The highest BCUT2D eigenvalue weighted by molar-refractivity contribution is 7.85. The molecular weight excluding hydrogens is 294 g/mol. The Labute approximate surface area is 128 Å². The van der Waals surface area contributed by atoms with Gasteiger partial charge in [0, 0.05) is 12.8 Å². The lowest BCUT2D eigenvalue weighted by molar-refractivity contribution is -0.908. The van der Waals surface area contributed by atoms with Crippen molar-refractivity contribution in [3.63, 3.8) is 0 Å². The lowest BCUT2D eigenvalue weighted by Crippen LogP contribution is -2.46. The first-order valence-electron chi connectivity index (χ1n) is 7.59. The van der Waals surface area contributed by atoms with Crippen molar-refractivity contribution in [2.75, 3.05) is 39.0 Å². The normalized spacial score (nSPS) is 16.2. The van der Waals surface area contributed by atoms with Gasteiger partial charge in [0.15, 0.2) is 0 Å². The zero-order chi connectivity index (χ0) is 16.5. The van der Waals surface area contributed by atoms with Crippen molar-refractivity contribution in [3.05, 3.63) is 0 Å². The summed E-state index contributed by atoms with van der Waals surface area (Å²) < 4.78 is 36.1. The molecule has 126 valence electrons. The Hall–Kier alpha value is -0.660. The fourth-order valence-electron chi connectivity index (χ4n) is 1.98. The summed E-state index contributed by atoms with van der Waals surface area (Å²) in [5.74, 6) is -0.425. The van der Waals surface area contributed by atoms with Crippen molar-refractivity contribution in [1.82, 2.24) is 0 Å². The largest absolute Gasteiger partial charge is 0.465 e. The molecule has 0 saturated heterocycles. The third-order valence-corrected chi connectivity index (χ3v) is 4.77. The van der Waals surface area contributed by atoms with Gasteiger partial charge in [-0.05, 0) is 13.3 Å². The monoisotopic (exact) mass is 324 g/mol. The van der Waals surface area contributed by atoms with Crippen molar-refractivity contribution in [1.29, 1.82) is 0 Å². The summed E-state index contributed by atoms with van der Waals surface area (Å²) in [6.45, 7) is 8.60. The summed E-state index contributed by atoms with van der Waals surface area (Å²) in [6.07, 6.45) is 1.95. The Kier molecular flexibility index (Phi) is 9.08. The van der Waals surface area contributed by atoms with E-state index in [1.807, 2.05) is 27.8 Å². The minimum atomic E-state index is -3.88. The standard InChI is InChI=1S/C14H29NO5S/c1-5-13(3)14(16)20-11-7-9-15(4,6-2)10-8-12-21(17,18)19/h13H,5-12H2,1-4H3/p+1. The molecule has 0 aromatic heterocycles. The van der Waals surface area contributed by atoms with Crippen LogP contribution in [0.25, 0.3) is 0 Å². The third-order valence-electron chi connectivity index (χ3n) is 3.97. The number of ether oxygens (including phenoxy) is 1. The molecule has 0 bridgehead atoms. The highest BCUT2D eigenvalue weighted by atomic mass is 32.2. The third kappa shape index (κ3) is 9.82. The van der Waals surface area contributed by atoms with E-state index in [-0.39, 0.29) is 17.6 Å². The van der Waals surface area contributed by atoms with Gasteiger partial charge in [-0.15, -0.1) is 0 Å². The van der Waals surface area contributed by atoms with Gasteiger partial charge in [0.1, 0.15) is 0 Å². The molecule has 21 heavy (non-hydrogen) atoms. The number of carbonyl (C=O) groups is 1. The van der Waals surface area contributed by atoms with Crippen LogP contribution in [-0.2, 0) is 19.6 Å². The van der Waals surface area contributed by atoms with E-state index >= 15 is 0 Å². The molecule has 0 spiro atoms. The maximum atomic E-state index is 11.5. The Morgan fingerprint density at radius 3 is 2.29 bits per heavy atom. The maximum Gasteiger partial charge on any atom is 0.308 e. The molecule has 0 aliphatic rings. The number of esters is 1. The van der Waals surface area contributed by atoms with Crippen LogP contribution >= 0.6 is 0 Å². The molecule has 0 rings (SSSR count). The number of hydrogen-bond donors (Lipinski definition) is 1. The molecule has 0 heterocycles. The fraction of sp³-hybridized carbons (Fsp3) is 0.929. The van der Waals surface area contributed by atoms with Crippen LogP contribution in [0.4, 0.5) is 0 Å². The molecule has 0 fully saturated rings. The quantitative estimate of drug-likeness (QED) is 0.271. The summed E-state index contributed by atoms with van der Waals surface area (Å²) in [5.41, 5.74) is 0. The van der Waals surface area contributed by atoms with E-state index in [2.05, 4.69) is 0 Å². The molecule has 0 aliphatic heterocycles. The molecule has 0 aliphatic carbocycles. The van der Waals surface area contributed by atoms with Crippen LogP contribution < -0.4 is 0 Å². The molecule has 1 N–H and O–H groups in total. The van der Waals surface area contributed by atoms with Crippen LogP contribution in [0.15, 0.2) is 0 Å². The topological polar surface area (TPSA) is 80.7 Å². The number of quaternary nitrogens is 1. The fourth-order valence-corrected chi connectivity index (χ4v) is 2.48. The van der Waals surface area contributed by atoms with Crippen molar-refractivity contribution in [3.8, 4) is 0 Å². The zero-order valence-electron chi connectivity index (χ0n) is 13.7. The predicted molar refractivity (Wildman–Crippen MR) is 82.5 cm³/mol. The summed E-state index contributed by atoms with van der Waals surface area (Å²) >= 11 is 0. The van der Waals surface area contributed by atoms with Gasteiger partial charge in [0.2, 0.25) is 0 Å². The highest BCUT2D eigenvalue weighted by Crippen LogP contribution is 2.08. The van der Waals surface area contributed by atoms with Crippen LogP contribution in [0.5, 0.6) is 0 Å². The van der Waals surface area contributed by atoms with Crippen molar-refractivity contribution in [2.45, 2.75) is 40.0 Å². The second-order valence-corrected chi connectivity index (χ2v) is 7.42. The van der Waals surface area contributed by atoms with Gasteiger partial charge in [-0.1, -0.05) is 13.8 Å². The second kappa shape index (κ2) is 9.38. The molecular formula is C14H30NO5S+. The SMILES string of the molecule is CCC(C)C(=O)OCCC[N+](C)(CC)CCCS(=O)(=O)O. The number of carbonyl (C=O) groups excluding carboxylic acids is 1. The zero-order valence-corrected chi connectivity index (χ0v) is 14.5. The minimum Gasteiger partial charge on any atom is -0.465 e. The van der Waals surface area contributed by atoms with E-state index in [9.17, 15) is 13.2 Å². The molecule has 7 heteroatoms. The van der Waals surface area contributed by atoms with Crippen LogP contribution in [0.3, 0.4) is 0 Å². The van der Waals surface area contributed by atoms with Gasteiger partial charge in [-0.2, -0.15) is 8.42 Å². The van der Waals surface area contributed by atoms with Crippen LogP contribution in [0.1, 0.15) is 40.0 Å². The van der Waals surface area contributed by atoms with Crippen LogP contribution in [0, 0.1) is 5.92 Å². The van der Waals surface area contributed by atoms with Gasteiger partial charge in [0.05, 0.1) is 45.0 Å². The summed E-state index contributed by atoms with van der Waals surface area (Å²) in [7, 11) is -1.84.